The number of hydrogen-bond donors (Lipinski definition) is 3. The van der Waals surface area contributed by atoms with E-state index in [9.17, 15) is 18.0 Å². The van der Waals surface area contributed by atoms with E-state index >= 15 is 0 Å². The molecule has 0 saturated carbocycles. The number of amides is 1. The molecule has 0 radical (unpaired) electrons. The van der Waals surface area contributed by atoms with Crippen LogP contribution in [0.1, 0.15) is 12.5 Å². The van der Waals surface area contributed by atoms with Gasteiger partial charge in [-0.3, -0.25) is 4.79 Å². The lowest BCUT2D eigenvalue weighted by Crippen LogP contribution is -2.16. The minimum Gasteiger partial charge on any atom is -0.512 e. The number of nitrogens with one attached hydrogen (secondary N) is 2. The number of rotatable bonds is 3. The van der Waals surface area contributed by atoms with Gasteiger partial charge in [0, 0.05) is 11.9 Å². The molecule has 7 heteroatoms. The molecule has 1 rings (SSSR count). The number of halogens is 3. The molecule has 1 aromatic rings. The molecule has 0 spiro atoms. The number of benzene rings is 1. The first-order valence-corrected chi connectivity index (χ1v) is 5.14. The normalized spacial score (nSPS) is 12.6. The molecule has 19 heavy (non-hydrogen) atoms. The van der Waals surface area contributed by atoms with E-state index in [0.717, 1.165) is 24.3 Å². The van der Waals surface area contributed by atoms with Crippen molar-refractivity contribution in [1.82, 2.24) is 0 Å². The van der Waals surface area contributed by atoms with Gasteiger partial charge in [-0.05, 0) is 31.2 Å². The van der Waals surface area contributed by atoms with Crippen molar-refractivity contribution in [1.29, 1.82) is 5.41 Å². The van der Waals surface area contributed by atoms with Crippen LogP contribution >= 0.6 is 0 Å². The minimum absolute atomic E-state index is 0.138. The van der Waals surface area contributed by atoms with E-state index in [4.69, 9.17) is 10.5 Å². The number of allylic oxidation sites excluding steroid dienone is 1. The van der Waals surface area contributed by atoms with Crippen LogP contribution < -0.4 is 5.32 Å². The Balaban J connectivity index is 2.88. The van der Waals surface area contributed by atoms with E-state index in [-0.39, 0.29) is 17.0 Å². The van der Waals surface area contributed by atoms with Crippen LogP contribution in [0, 0.1) is 5.41 Å². The smallest absolute Gasteiger partial charge is 0.416 e. The first kappa shape index (κ1) is 14.7. The van der Waals surface area contributed by atoms with Crippen molar-refractivity contribution in [3.8, 4) is 0 Å². The Morgan fingerprint density at radius 3 is 2.21 bits per heavy atom. The van der Waals surface area contributed by atoms with Gasteiger partial charge in [-0.1, -0.05) is 0 Å². The molecule has 0 heterocycles. The Morgan fingerprint density at radius 1 is 1.32 bits per heavy atom. The fraction of sp³-hybridized carbons (Fsp3) is 0.167. The zero-order valence-electron chi connectivity index (χ0n) is 9.88. The van der Waals surface area contributed by atoms with Crippen LogP contribution in [0.25, 0.3) is 0 Å². The lowest BCUT2D eigenvalue weighted by atomic mass is 10.2. The number of carbonyl (C=O) groups excluding carboxylic acids is 1. The van der Waals surface area contributed by atoms with Gasteiger partial charge in [0.05, 0.1) is 11.1 Å². The summed E-state index contributed by atoms with van der Waals surface area (Å²) in [5.41, 5.74) is -0.954. The van der Waals surface area contributed by atoms with Crippen molar-refractivity contribution in [2.75, 3.05) is 5.32 Å². The molecule has 0 atom stereocenters. The van der Waals surface area contributed by atoms with Crippen LogP contribution in [0.2, 0.25) is 0 Å². The van der Waals surface area contributed by atoms with Crippen molar-refractivity contribution < 1.29 is 23.1 Å². The Kier molecular flexibility index (Phi) is 4.31. The first-order valence-electron chi connectivity index (χ1n) is 5.14. The number of hydrogen-bond acceptors (Lipinski definition) is 3. The third kappa shape index (κ3) is 3.84. The Hall–Kier alpha value is -2.31. The van der Waals surface area contributed by atoms with E-state index in [2.05, 4.69) is 5.32 Å². The zero-order chi connectivity index (χ0) is 14.6. The average Bonchev–Trinajstić information content (AvgIpc) is 2.28. The van der Waals surface area contributed by atoms with Gasteiger partial charge in [-0.25, -0.2) is 0 Å². The van der Waals surface area contributed by atoms with Crippen LogP contribution in [-0.4, -0.2) is 17.2 Å². The van der Waals surface area contributed by atoms with Gasteiger partial charge in [0.2, 0.25) is 0 Å². The molecule has 102 valence electrons. The lowest BCUT2D eigenvalue weighted by molar-refractivity contribution is -0.137. The van der Waals surface area contributed by atoms with Crippen LogP contribution in [0.15, 0.2) is 35.6 Å². The van der Waals surface area contributed by atoms with Gasteiger partial charge in [0.1, 0.15) is 5.76 Å². The molecule has 1 amide bonds. The summed E-state index contributed by atoms with van der Waals surface area (Å²) in [5.74, 6) is -1.12. The number of carbonyl (C=O) groups is 1. The standard InChI is InChI=1S/C12H11F3N2O2/c1-7(18)10(6-16)11(19)17-9-4-2-8(3-5-9)12(13,14)15/h2-6,16,18H,1H3,(H,17,19)/b10-7-,16-6?. The summed E-state index contributed by atoms with van der Waals surface area (Å²) in [6.45, 7) is 1.23. The summed E-state index contributed by atoms with van der Waals surface area (Å²) in [6.07, 6.45) is -3.78. The minimum atomic E-state index is -4.44. The number of anilines is 1. The molecule has 0 aliphatic carbocycles. The molecule has 0 bridgehead atoms. The maximum absolute atomic E-state index is 12.3. The Bertz CT molecular complexity index is 515. The molecule has 3 N–H and O–H groups in total. The largest absolute Gasteiger partial charge is 0.512 e. The first-order chi connectivity index (χ1) is 8.75. The second-order valence-corrected chi connectivity index (χ2v) is 3.67. The number of aliphatic hydroxyl groups is 1. The Morgan fingerprint density at radius 2 is 1.84 bits per heavy atom. The van der Waals surface area contributed by atoms with Crippen LogP contribution in [-0.2, 0) is 11.0 Å². The van der Waals surface area contributed by atoms with Gasteiger partial charge in [-0.2, -0.15) is 13.2 Å². The van der Waals surface area contributed by atoms with E-state index in [0.29, 0.717) is 6.21 Å². The van der Waals surface area contributed by atoms with E-state index < -0.39 is 17.6 Å². The van der Waals surface area contributed by atoms with Crippen molar-refractivity contribution >= 4 is 17.8 Å². The predicted octanol–water partition coefficient (Wildman–Crippen LogP) is 3.13. The molecular formula is C12H11F3N2O2. The molecule has 1 aromatic carbocycles. The van der Waals surface area contributed by atoms with Crippen molar-refractivity contribution in [2.24, 2.45) is 0 Å². The fourth-order valence-electron chi connectivity index (χ4n) is 1.28. The van der Waals surface area contributed by atoms with Gasteiger partial charge in [0.15, 0.2) is 0 Å². The molecule has 0 fully saturated rings. The highest BCUT2D eigenvalue weighted by Crippen LogP contribution is 2.29. The van der Waals surface area contributed by atoms with Crippen LogP contribution in [0.4, 0.5) is 18.9 Å². The maximum Gasteiger partial charge on any atom is 0.416 e. The highest BCUT2D eigenvalue weighted by atomic mass is 19.4. The van der Waals surface area contributed by atoms with E-state index in [1.165, 1.54) is 6.92 Å². The quantitative estimate of drug-likeness (QED) is 0.449. The predicted molar refractivity (Wildman–Crippen MR) is 64.2 cm³/mol. The summed E-state index contributed by atoms with van der Waals surface area (Å²) in [4.78, 5) is 11.6. The summed E-state index contributed by atoms with van der Waals surface area (Å²) < 4.78 is 36.9. The molecule has 4 nitrogen and oxygen atoms in total. The lowest BCUT2D eigenvalue weighted by Gasteiger charge is -2.09. The molecule has 0 unspecified atom stereocenters. The molecule has 0 aliphatic rings. The highest BCUT2D eigenvalue weighted by molar-refractivity contribution is 6.17. The SMILES string of the molecule is C/C(O)=C(\C=N)C(=O)Nc1ccc(C(F)(F)F)cc1. The molecular weight excluding hydrogens is 261 g/mol. The van der Waals surface area contributed by atoms with Crippen molar-refractivity contribution in [3.05, 3.63) is 41.2 Å². The molecule has 0 aliphatic heterocycles. The van der Waals surface area contributed by atoms with Crippen molar-refractivity contribution in [2.45, 2.75) is 13.1 Å². The monoisotopic (exact) mass is 272 g/mol. The summed E-state index contributed by atoms with van der Waals surface area (Å²) in [6, 6.07) is 3.84. The van der Waals surface area contributed by atoms with Crippen LogP contribution in [0.3, 0.4) is 0 Å². The maximum atomic E-state index is 12.3. The van der Waals surface area contributed by atoms with Gasteiger partial charge < -0.3 is 15.8 Å². The topological polar surface area (TPSA) is 73.2 Å². The third-order valence-electron chi connectivity index (χ3n) is 2.25. The third-order valence-corrected chi connectivity index (χ3v) is 2.25. The summed E-state index contributed by atoms with van der Waals surface area (Å²) >= 11 is 0. The summed E-state index contributed by atoms with van der Waals surface area (Å²) in [7, 11) is 0. The highest BCUT2D eigenvalue weighted by Gasteiger charge is 2.30. The second-order valence-electron chi connectivity index (χ2n) is 3.67. The average molecular weight is 272 g/mol. The van der Waals surface area contributed by atoms with Crippen LogP contribution in [0.5, 0.6) is 0 Å². The number of aliphatic hydroxyl groups excluding tert-OH is 1. The van der Waals surface area contributed by atoms with Gasteiger partial charge in [0.25, 0.3) is 5.91 Å². The van der Waals surface area contributed by atoms with Gasteiger partial charge in [-0.15, -0.1) is 0 Å². The Labute approximate surface area is 107 Å². The molecule has 0 aromatic heterocycles. The molecule has 0 saturated heterocycles. The van der Waals surface area contributed by atoms with E-state index in [1.807, 2.05) is 0 Å². The zero-order valence-corrected chi connectivity index (χ0v) is 9.88. The second kappa shape index (κ2) is 5.55. The van der Waals surface area contributed by atoms with E-state index in [1.54, 1.807) is 0 Å². The van der Waals surface area contributed by atoms with Crippen molar-refractivity contribution in [3.63, 3.8) is 0 Å². The summed E-state index contributed by atoms with van der Waals surface area (Å²) in [5, 5.41) is 18.4. The number of alkyl halides is 3. The van der Waals surface area contributed by atoms with Gasteiger partial charge >= 0.3 is 6.18 Å². The fourth-order valence-corrected chi connectivity index (χ4v) is 1.28.